The molecule has 42 heavy (non-hydrogen) atoms. The number of sulfonamides is 2. The Morgan fingerprint density at radius 1 is 0.690 bits per heavy atom. The summed E-state index contributed by atoms with van der Waals surface area (Å²) in [5.74, 6) is 0.228. The molecule has 0 unspecified atom stereocenters. The van der Waals surface area contributed by atoms with Gasteiger partial charge in [0.05, 0.1) is 35.4 Å². The van der Waals surface area contributed by atoms with Crippen molar-refractivity contribution in [1.29, 1.82) is 0 Å². The van der Waals surface area contributed by atoms with Gasteiger partial charge in [0, 0.05) is 17.3 Å². The molecule has 0 aliphatic heterocycles. The summed E-state index contributed by atoms with van der Waals surface area (Å²) in [5, 5.41) is 2.68. The minimum Gasteiger partial charge on any atom is -0.497 e. The minimum atomic E-state index is -3.99. The molecule has 1 amide bonds. The molecule has 0 aliphatic carbocycles. The molecule has 10 nitrogen and oxygen atoms in total. The van der Waals surface area contributed by atoms with Crippen molar-refractivity contribution in [2.75, 3.05) is 29.0 Å². The summed E-state index contributed by atoms with van der Waals surface area (Å²) in [4.78, 5) is 13.0. The van der Waals surface area contributed by atoms with Gasteiger partial charge in [-0.1, -0.05) is 18.2 Å². The fraction of sp³-hybridized carbons (Fsp3) is 0.167. The van der Waals surface area contributed by atoms with Crippen molar-refractivity contribution in [3.63, 3.8) is 0 Å². The van der Waals surface area contributed by atoms with Gasteiger partial charge >= 0.3 is 0 Å². The van der Waals surface area contributed by atoms with Gasteiger partial charge in [0.2, 0.25) is 0 Å². The predicted molar refractivity (Wildman–Crippen MR) is 163 cm³/mol. The summed E-state index contributed by atoms with van der Waals surface area (Å²) >= 11 is 0. The van der Waals surface area contributed by atoms with Crippen molar-refractivity contribution in [2.24, 2.45) is 0 Å². The number of carbonyl (C=O) groups is 1. The van der Waals surface area contributed by atoms with Crippen LogP contribution >= 0.6 is 0 Å². The van der Waals surface area contributed by atoms with E-state index in [-0.39, 0.29) is 26.8 Å². The van der Waals surface area contributed by atoms with Crippen molar-refractivity contribution in [1.82, 2.24) is 0 Å². The fourth-order valence-corrected chi connectivity index (χ4v) is 6.56. The van der Waals surface area contributed by atoms with Gasteiger partial charge < -0.3 is 14.8 Å². The molecule has 0 aromatic heterocycles. The van der Waals surface area contributed by atoms with Crippen LogP contribution in [0.4, 0.5) is 17.1 Å². The minimum absolute atomic E-state index is 0.0301. The molecule has 4 rings (SSSR count). The highest BCUT2D eigenvalue weighted by atomic mass is 32.2. The van der Waals surface area contributed by atoms with Crippen LogP contribution in [0.15, 0.2) is 88.7 Å². The van der Waals surface area contributed by atoms with Crippen molar-refractivity contribution >= 4 is 43.0 Å². The Labute approximate surface area is 245 Å². The third kappa shape index (κ3) is 6.67. The van der Waals surface area contributed by atoms with Crippen LogP contribution in [-0.4, -0.2) is 37.0 Å². The quantitative estimate of drug-likeness (QED) is 0.216. The Bertz CT molecular complexity index is 1850. The van der Waals surface area contributed by atoms with E-state index in [1.807, 2.05) is 19.9 Å². The molecule has 0 spiro atoms. The number of ether oxygens (including phenoxy) is 2. The van der Waals surface area contributed by atoms with E-state index in [0.717, 1.165) is 11.1 Å². The third-order valence-corrected chi connectivity index (χ3v) is 9.55. The SMILES string of the molecule is COc1ccc(NS(=O)(=O)c2ccc(NC(=O)c3ccc(C)c(S(=O)(=O)Nc4cccc(C)c4C)c3)cc2)c(OC)c1. The van der Waals surface area contributed by atoms with E-state index in [1.165, 1.54) is 56.7 Å². The number of hydrogen-bond acceptors (Lipinski definition) is 7. The van der Waals surface area contributed by atoms with Crippen molar-refractivity contribution in [3.05, 3.63) is 101 Å². The van der Waals surface area contributed by atoms with Gasteiger partial charge in [-0.25, -0.2) is 16.8 Å². The molecular weight excluding hydrogens is 578 g/mol. The molecule has 0 saturated carbocycles. The monoisotopic (exact) mass is 609 g/mol. The third-order valence-electron chi connectivity index (χ3n) is 6.66. The lowest BCUT2D eigenvalue weighted by Gasteiger charge is -2.15. The molecule has 0 atom stereocenters. The molecule has 0 fully saturated rings. The van der Waals surface area contributed by atoms with Gasteiger partial charge in [-0.15, -0.1) is 0 Å². The van der Waals surface area contributed by atoms with Crippen LogP contribution in [0.25, 0.3) is 0 Å². The highest BCUT2D eigenvalue weighted by molar-refractivity contribution is 7.93. The Balaban J connectivity index is 1.51. The van der Waals surface area contributed by atoms with Gasteiger partial charge in [0.1, 0.15) is 11.5 Å². The van der Waals surface area contributed by atoms with Gasteiger partial charge in [-0.05, 0) is 92.1 Å². The van der Waals surface area contributed by atoms with Crippen molar-refractivity contribution < 1.29 is 31.1 Å². The number of anilines is 3. The lowest BCUT2D eigenvalue weighted by molar-refractivity contribution is 0.102. The molecule has 4 aromatic carbocycles. The number of aryl methyl sites for hydroxylation is 2. The van der Waals surface area contributed by atoms with Crippen LogP contribution in [0.3, 0.4) is 0 Å². The average Bonchev–Trinajstić information content (AvgIpc) is 2.95. The summed E-state index contributed by atoms with van der Waals surface area (Å²) in [5.41, 5.74) is 3.34. The number of rotatable bonds is 10. The maximum Gasteiger partial charge on any atom is 0.262 e. The van der Waals surface area contributed by atoms with Gasteiger partial charge in [-0.3, -0.25) is 14.2 Å². The first-order valence-electron chi connectivity index (χ1n) is 12.7. The summed E-state index contributed by atoms with van der Waals surface area (Å²) in [6.07, 6.45) is 0. The smallest absolute Gasteiger partial charge is 0.262 e. The van der Waals surface area contributed by atoms with E-state index >= 15 is 0 Å². The molecule has 0 bridgehead atoms. The highest BCUT2D eigenvalue weighted by Gasteiger charge is 2.21. The Kier molecular flexibility index (Phi) is 8.78. The van der Waals surface area contributed by atoms with E-state index in [2.05, 4.69) is 14.8 Å². The zero-order valence-corrected chi connectivity index (χ0v) is 25.3. The number of amides is 1. The lowest BCUT2D eigenvalue weighted by Crippen LogP contribution is -2.18. The second-order valence-corrected chi connectivity index (χ2v) is 12.8. The van der Waals surface area contributed by atoms with Crippen LogP contribution in [-0.2, 0) is 20.0 Å². The Morgan fingerprint density at radius 2 is 1.38 bits per heavy atom. The maximum absolute atomic E-state index is 13.2. The van der Waals surface area contributed by atoms with Crippen LogP contribution in [0.5, 0.6) is 11.5 Å². The van der Waals surface area contributed by atoms with Gasteiger partial charge in [0.25, 0.3) is 26.0 Å². The van der Waals surface area contributed by atoms with Gasteiger partial charge in [0.15, 0.2) is 0 Å². The topological polar surface area (TPSA) is 140 Å². The Morgan fingerprint density at radius 3 is 2.05 bits per heavy atom. The number of carbonyl (C=O) groups excluding carboxylic acids is 1. The van der Waals surface area contributed by atoms with Crippen LogP contribution in [0.1, 0.15) is 27.0 Å². The number of hydrogen-bond donors (Lipinski definition) is 3. The average molecular weight is 610 g/mol. The number of methoxy groups -OCH3 is 2. The number of benzene rings is 4. The molecule has 0 heterocycles. The Hall–Kier alpha value is -4.55. The molecule has 220 valence electrons. The van der Waals surface area contributed by atoms with E-state index in [4.69, 9.17) is 9.47 Å². The standard InChI is InChI=1S/C30H31N3O7S2/c1-19-7-6-8-26(21(19)3)32-42(37,38)29-17-22(10-9-20(29)2)30(34)31-23-11-14-25(15-12-23)41(35,36)33-27-16-13-24(39-4)18-28(27)40-5/h6-18,32-33H,1-5H3,(H,31,34). The van der Waals surface area contributed by atoms with E-state index in [9.17, 15) is 21.6 Å². The van der Waals surface area contributed by atoms with Crippen molar-refractivity contribution in [2.45, 2.75) is 30.6 Å². The summed E-state index contributed by atoms with van der Waals surface area (Å²) < 4.78 is 67.9. The van der Waals surface area contributed by atoms with E-state index < -0.39 is 26.0 Å². The lowest BCUT2D eigenvalue weighted by atomic mass is 10.1. The van der Waals surface area contributed by atoms with Crippen LogP contribution in [0.2, 0.25) is 0 Å². The first-order chi connectivity index (χ1) is 19.8. The second-order valence-electron chi connectivity index (χ2n) is 9.48. The highest BCUT2D eigenvalue weighted by Crippen LogP contribution is 2.31. The molecule has 12 heteroatoms. The van der Waals surface area contributed by atoms with E-state index in [0.29, 0.717) is 22.7 Å². The fourth-order valence-electron chi connectivity index (χ4n) is 4.10. The predicted octanol–water partition coefficient (Wildman–Crippen LogP) is 5.48. The summed E-state index contributed by atoms with van der Waals surface area (Å²) in [6.45, 7) is 5.36. The van der Waals surface area contributed by atoms with Crippen molar-refractivity contribution in [3.8, 4) is 11.5 Å². The van der Waals surface area contributed by atoms with Gasteiger partial charge in [-0.2, -0.15) is 0 Å². The van der Waals surface area contributed by atoms with Crippen LogP contribution in [0, 0.1) is 20.8 Å². The number of nitrogens with one attached hydrogen (secondary N) is 3. The zero-order valence-electron chi connectivity index (χ0n) is 23.7. The molecule has 3 N–H and O–H groups in total. The zero-order chi connectivity index (χ0) is 30.7. The van der Waals surface area contributed by atoms with Crippen LogP contribution < -0.4 is 24.2 Å². The first-order valence-corrected chi connectivity index (χ1v) is 15.7. The molecule has 0 saturated heterocycles. The molecule has 0 radical (unpaired) electrons. The molecular formula is C30H31N3O7S2. The molecule has 0 aliphatic rings. The normalized spacial score (nSPS) is 11.5. The second kappa shape index (κ2) is 12.1. The maximum atomic E-state index is 13.2. The van der Waals surface area contributed by atoms with E-state index in [1.54, 1.807) is 37.3 Å². The summed E-state index contributed by atoms with van der Waals surface area (Å²) in [6, 6.07) is 19.9. The largest absolute Gasteiger partial charge is 0.497 e. The first kappa shape index (κ1) is 30.4. The molecule has 4 aromatic rings. The summed E-state index contributed by atoms with van der Waals surface area (Å²) in [7, 11) is -5.06.